The molecule has 1 aromatic heterocycles. The highest BCUT2D eigenvalue weighted by Crippen LogP contribution is 2.42. The lowest BCUT2D eigenvalue weighted by Crippen LogP contribution is -2.39. The van der Waals surface area contributed by atoms with E-state index in [1.807, 2.05) is 24.3 Å². The van der Waals surface area contributed by atoms with Gasteiger partial charge in [-0.3, -0.25) is 0 Å². The first-order valence-corrected chi connectivity index (χ1v) is 12.6. The van der Waals surface area contributed by atoms with Crippen molar-refractivity contribution in [1.29, 1.82) is 0 Å². The van der Waals surface area contributed by atoms with Gasteiger partial charge >= 0.3 is 0 Å². The monoisotopic (exact) mass is 570 g/mol. The fraction of sp³-hybridized carbons (Fsp3) is 0.259. The van der Waals surface area contributed by atoms with E-state index in [0.717, 1.165) is 57.2 Å². The van der Waals surface area contributed by atoms with Crippen molar-refractivity contribution in [1.82, 2.24) is 9.97 Å². The molecular formula is C27H24ClIN2O2. The van der Waals surface area contributed by atoms with Crippen molar-refractivity contribution in [2.24, 2.45) is 0 Å². The van der Waals surface area contributed by atoms with Crippen molar-refractivity contribution in [2.45, 2.75) is 31.0 Å². The zero-order valence-electron chi connectivity index (χ0n) is 18.1. The summed E-state index contributed by atoms with van der Waals surface area (Å²) in [5, 5.41) is 1.19. The highest BCUT2D eigenvalue weighted by Gasteiger charge is 2.41. The molecule has 2 heterocycles. The summed E-state index contributed by atoms with van der Waals surface area (Å²) >= 11 is 8.83. The Morgan fingerprint density at radius 1 is 0.939 bits per heavy atom. The molecule has 168 valence electrons. The maximum absolute atomic E-state index is 6.50. The Kier molecular flexibility index (Phi) is 6.92. The van der Waals surface area contributed by atoms with Crippen LogP contribution < -0.4 is 0 Å². The van der Waals surface area contributed by atoms with Gasteiger partial charge in [0.2, 0.25) is 5.28 Å². The molecule has 0 radical (unpaired) electrons. The maximum atomic E-state index is 6.50. The molecular weight excluding hydrogens is 547 g/mol. The van der Waals surface area contributed by atoms with E-state index in [2.05, 4.69) is 82.2 Å². The van der Waals surface area contributed by atoms with E-state index in [1.54, 1.807) is 0 Å². The molecule has 1 fully saturated rings. The molecule has 6 heteroatoms. The second kappa shape index (κ2) is 10.1. The van der Waals surface area contributed by atoms with Crippen LogP contribution in [0.2, 0.25) is 5.28 Å². The highest BCUT2D eigenvalue weighted by atomic mass is 127. The van der Waals surface area contributed by atoms with Gasteiger partial charge in [-0.2, -0.15) is 0 Å². The van der Waals surface area contributed by atoms with Crippen LogP contribution in [0.1, 0.15) is 36.1 Å². The number of rotatable bonds is 6. The van der Waals surface area contributed by atoms with Gasteiger partial charge in [0.15, 0.2) is 6.29 Å². The predicted molar refractivity (Wildman–Crippen MR) is 140 cm³/mol. The molecule has 0 amide bonds. The van der Waals surface area contributed by atoms with Crippen molar-refractivity contribution in [3.8, 4) is 0 Å². The molecule has 0 N–H and O–H groups in total. The van der Waals surface area contributed by atoms with Crippen molar-refractivity contribution >= 4 is 45.1 Å². The van der Waals surface area contributed by atoms with Crippen LogP contribution in [0.15, 0.2) is 78.9 Å². The molecule has 1 atom stereocenters. The van der Waals surface area contributed by atoms with Gasteiger partial charge in [0.05, 0.1) is 23.2 Å². The Labute approximate surface area is 212 Å². The summed E-state index contributed by atoms with van der Waals surface area (Å²) in [6, 6.07) is 27.0. The first-order chi connectivity index (χ1) is 16.2. The van der Waals surface area contributed by atoms with Crippen LogP contribution in [0.25, 0.3) is 10.9 Å². The lowest BCUT2D eigenvalue weighted by atomic mass is 9.71. The Bertz CT molecular complexity index is 1190. The Hall–Kier alpha value is -2.06. The van der Waals surface area contributed by atoms with Gasteiger partial charge in [-0.1, -0.05) is 60.7 Å². The van der Waals surface area contributed by atoms with Gasteiger partial charge in [0.1, 0.15) is 0 Å². The Morgan fingerprint density at radius 3 is 2.27 bits per heavy atom. The van der Waals surface area contributed by atoms with Gasteiger partial charge in [0, 0.05) is 15.6 Å². The molecule has 0 spiro atoms. The molecule has 4 nitrogen and oxygen atoms in total. The Morgan fingerprint density at radius 2 is 1.64 bits per heavy atom. The topological polar surface area (TPSA) is 44.2 Å². The third kappa shape index (κ3) is 4.64. The molecule has 3 aromatic carbocycles. The molecule has 33 heavy (non-hydrogen) atoms. The first kappa shape index (κ1) is 22.7. The fourth-order valence-corrected chi connectivity index (χ4v) is 5.25. The third-order valence-electron chi connectivity index (χ3n) is 6.19. The average molecular weight is 571 g/mol. The van der Waals surface area contributed by atoms with Gasteiger partial charge < -0.3 is 9.47 Å². The minimum absolute atomic E-state index is 0.226. The molecule has 1 aliphatic rings. The molecule has 0 aliphatic carbocycles. The summed E-state index contributed by atoms with van der Waals surface area (Å²) in [7, 11) is 0. The van der Waals surface area contributed by atoms with Gasteiger partial charge in [0.25, 0.3) is 0 Å². The number of benzene rings is 3. The minimum Gasteiger partial charge on any atom is -0.353 e. The van der Waals surface area contributed by atoms with Crippen LogP contribution in [0.5, 0.6) is 0 Å². The van der Waals surface area contributed by atoms with Gasteiger partial charge in [-0.25, -0.2) is 9.97 Å². The summed E-state index contributed by atoms with van der Waals surface area (Å²) in [6.07, 6.45) is 2.85. The number of nitrogens with zero attached hydrogens (tertiary/aromatic N) is 2. The van der Waals surface area contributed by atoms with Crippen molar-refractivity contribution in [3.63, 3.8) is 0 Å². The molecule has 0 bridgehead atoms. The van der Waals surface area contributed by atoms with Crippen LogP contribution in [-0.2, 0) is 14.9 Å². The highest BCUT2D eigenvalue weighted by molar-refractivity contribution is 14.1. The molecule has 4 aromatic rings. The Balaban J connectivity index is 1.78. The van der Waals surface area contributed by atoms with Gasteiger partial charge in [-0.05, 0) is 82.8 Å². The largest absolute Gasteiger partial charge is 0.353 e. The standard InChI is InChI=1S/C27H24ClIN2O2/c28-26-30-23-15-14-21(29)17-22(23)25(31-26)27(19-9-3-1-4-10-19,20-11-5-2-6-12-20)18-33-24-13-7-8-16-32-24/h1-6,9-12,14-15,17,24H,7-8,13,16,18H2. The number of aromatic nitrogens is 2. The van der Waals surface area contributed by atoms with E-state index in [-0.39, 0.29) is 11.6 Å². The summed E-state index contributed by atoms with van der Waals surface area (Å²) < 4.78 is 13.5. The van der Waals surface area contributed by atoms with Gasteiger partial charge in [-0.15, -0.1) is 0 Å². The average Bonchev–Trinajstić information content (AvgIpc) is 2.86. The summed E-state index contributed by atoms with van der Waals surface area (Å²) in [5.74, 6) is 0. The zero-order valence-corrected chi connectivity index (χ0v) is 21.0. The minimum atomic E-state index is -0.696. The van der Waals surface area contributed by atoms with Crippen LogP contribution >= 0.6 is 34.2 Å². The molecule has 5 rings (SSSR count). The maximum Gasteiger partial charge on any atom is 0.223 e. The SMILES string of the molecule is Clc1nc(C(COC2CCCCO2)(c2ccccc2)c2ccccc2)c2cc(I)ccc2n1. The van der Waals surface area contributed by atoms with E-state index in [1.165, 1.54) is 0 Å². The first-order valence-electron chi connectivity index (χ1n) is 11.1. The van der Waals surface area contributed by atoms with E-state index in [0.29, 0.717) is 6.61 Å². The van der Waals surface area contributed by atoms with E-state index in [4.69, 9.17) is 26.1 Å². The summed E-state index contributed by atoms with van der Waals surface area (Å²) in [6.45, 7) is 1.11. The smallest absolute Gasteiger partial charge is 0.223 e. The zero-order chi connectivity index (χ0) is 22.7. The molecule has 1 saturated heterocycles. The number of hydrogen-bond acceptors (Lipinski definition) is 4. The van der Waals surface area contributed by atoms with Crippen LogP contribution in [0, 0.1) is 3.57 Å². The molecule has 0 saturated carbocycles. The van der Waals surface area contributed by atoms with Crippen molar-refractivity contribution in [3.05, 3.63) is 105 Å². The fourth-order valence-electron chi connectivity index (χ4n) is 4.58. The van der Waals surface area contributed by atoms with E-state index < -0.39 is 5.41 Å². The normalized spacial score (nSPS) is 16.7. The van der Waals surface area contributed by atoms with Crippen LogP contribution in [-0.4, -0.2) is 29.5 Å². The van der Waals surface area contributed by atoms with E-state index >= 15 is 0 Å². The predicted octanol–water partition coefficient (Wildman–Crippen LogP) is 6.77. The lowest BCUT2D eigenvalue weighted by Gasteiger charge is -2.37. The molecule has 1 unspecified atom stereocenters. The summed E-state index contributed by atoms with van der Waals surface area (Å²) in [4.78, 5) is 9.38. The van der Waals surface area contributed by atoms with Crippen molar-refractivity contribution < 1.29 is 9.47 Å². The summed E-state index contributed by atoms with van der Waals surface area (Å²) in [5.41, 5.74) is 3.13. The van der Waals surface area contributed by atoms with Crippen LogP contribution in [0.4, 0.5) is 0 Å². The number of fused-ring (bicyclic) bond motifs is 1. The second-order valence-electron chi connectivity index (χ2n) is 8.25. The quantitative estimate of drug-likeness (QED) is 0.190. The van der Waals surface area contributed by atoms with Crippen LogP contribution in [0.3, 0.4) is 0 Å². The second-order valence-corrected chi connectivity index (χ2v) is 9.83. The number of ether oxygens (including phenoxy) is 2. The number of hydrogen-bond donors (Lipinski definition) is 0. The van der Waals surface area contributed by atoms with E-state index in [9.17, 15) is 0 Å². The molecule has 1 aliphatic heterocycles. The number of halogens is 2. The van der Waals surface area contributed by atoms with Crippen molar-refractivity contribution in [2.75, 3.05) is 13.2 Å². The third-order valence-corrected chi connectivity index (χ3v) is 7.03. The lowest BCUT2D eigenvalue weighted by molar-refractivity contribution is -0.167.